The minimum absolute atomic E-state index is 0.251. The molecule has 0 aliphatic carbocycles. The fourth-order valence-corrected chi connectivity index (χ4v) is 1.89. The highest BCUT2D eigenvalue weighted by Gasteiger charge is 2.08. The number of hydrogen-bond acceptors (Lipinski definition) is 3. The Labute approximate surface area is 127 Å². The number of nitrogens with zero attached hydrogens (tertiary/aromatic N) is 1. The third-order valence-corrected chi connectivity index (χ3v) is 3.30. The average Bonchev–Trinajstić information content (AvgIpc) is 2.44. The summed E-state index contributed by atoms with van der Waals surface area (Å²) in [4.78, 5) is 16.2. The van der Waals surface area contributed by atoms with Crippen molar-refractivity contribution < 1.29 is 4.79 Å². The Morgan fingerprint density at radius 1 is 1.20 bits per heavy atom. The molecule has 4 nitrogen and oxygen atoms in total. The Balaban J connectivity index is 2.09. The topological polar surface area (TPSA) is 54.0 Å². The number of halogens is 2. The maximum Gasteiger partial charge on any atom is 0.257 e. The van der Waals surface area contributed by atoms with Gasteiger partial charge in [-0.15, -0.1) is 0 Å². The van der Waals surface area contributed by atoms with Gasteiger partial charge in [-0.1, -0.05) is 23.2 Å². The zero-order valence-electron chi connectivity index (χ0n) is 10.8. The molecule has 1 aromatic carbocycles. The quantitative estimate of drug-likeness (QED) is 0.895. The molecule has 1 heterocycles. The fourth-order valence-electron chi connectivity index (χ4n) is 1.59. The van der Waals surface area contributed by atoms with E-state index in [4.69, 9.17) is 23.2 Å². The second kappa shape index (κ2) is 6.59. The molecule has 0 spiro atoms. The molecular weight excluding hydrogens is 297 g/mol. The van der Waals surface area contributed by atoms with Crippen molar-refractivity contribution in [3.63, 3.8) is 0 Å². The van der Waals surface area contributed by atoms with Crippen LogP contribution < -0.4 is 10.6 Å². The largest absolute Gasteiger partial charge is 0.370 e. The maximum atomic E-state index is 12.0. The molecule has 0 fully saturated rings. The van der Waals surface area contributed by atoms with Gasteiger partial charge >= 0.3 is 0 Å². The molecule has 0 saturated carbocycles. The van der Waals surface area contributed by atoms with Crippen LogP contribution in [0.15, 0.2) is 36.5 Å². The molecule has 20 heavy (non-hydrogen) atoms. The molecule has 0 aliphatic rings. The van der Waals surface area contributed by atoms with Crippen molar-refractivity contribution in [2.24, 2.45) is 0 Å². The number of nitrogens with one attached hydrogen (secondary N) is 2. The molecule has 0 radical (unpaired) electrons. The third-order valence-electron chi connectivity index (χ3n) is 2.56. The van der Waals surface area contributed by atoms with Gasteiger partial charge in [-0.25, -0.2) is 4.98 Å². The highest BCUT2D eigenvalue weighted by molar-refractivity contribution is 6.42. The molecule has 6 heteroatoms. The molecule has 0 unspecified atom stereocenters. The van der Waals surface area contributed by atoms with Gasteiger partial charge in [-0.3, -0.25) is 4.79 Å². The van der Waals surface area contributed by atoms with E-state index in [9.17, 15) is 4.79 Å². The van der Waals surface area contributed by atoms with Gasteiger partial charge in [0, 0.05) is 18.4 Å². The average molecular weight is 310 g/mol. The first-order valence-corrected chi connectivity index (χ1v) is 6.82. The zero-order valence-corrected chi connectivity index (χ0v) is 12.3. The van der Waals surface area contributed by atoms with Gasteiger partial charge in [0.15, 0.2) is 0 Å². The van der Waals surface area contributed by atoms with Crippen LogP contribution in [0.5, 0.6) is 0 Å². The summed E-state index contributed by atoms with van der Waals surface area (Å²) in [5.74, 6) is 0.484. The van der Waals surface area contributed by atoms with E-state index in [2.05, 4.69) is 15.6 Å². The molecule has 2 N–H and O–H groups in total. The number of anilines is 2. The van der Waals surface area contributed by atoms with Gasteiger partial charge in [0.2, 0.25) is 0 Å². The van der Waals surface area contributed by atoms with E-state index in [1.165, 1.54) is 6.20 Å². The SMILES string of the molecule is CCNc1ccc(C(=O)Nc2ccc(Cl)c(Cl)c2)cn1. The number of benzene rings is 1. The highest BCUT2D eigenvalue weighted by atomic mass is 35.5. The molecule has 2 rings (SSSR count). The van der Waals surface area contributed by atoms with Crippen molar-refractivity contribution >= 4 is 40.6 Å². The number of rotatable bonds is 4. The van der Waals surface area contributed by atoms with Crippen LogP contribution in [0.4, 0.5) is 11.5 Å². The van der Waals surface area contributed by atoms with Crippen LogP contribution in [0, 0.1) is 0 Å². The van der Waals surface area contributed by atoms with E-state index >= 15 is 0 Å². The van der Waals surface area contributed by atoms with Crippen molar-refractivity contribution in [1.82, 2.24) is 4.98 Å². The lowest BCUT2D eigenvalue weighted by molar-refractivity contribution is 0.102. The number of pyridine rings is 1. The van der Waals surface area contributed by atoms with E-state index in [0.29, 0.717) is 21.3 Å². The predicted molar refractivity (Wildman–Crippen MR) is 82.8 cm³/mol. The van der Waals surface area contributed by atoms with Crippen LogP contribution in [-0.2, 0) is 0 Å². The van der Waals surface area contributed by atoms with E-state index in [-0.39, 0.29) is 5.91 Å². The maximum absolute atomic E-state index is 12.0. The second-order valence-corrected chi connectivity index (χ2v) is 4.86. The molecule has 1 aromatic heterocycles. The lowest BCUT2D eigenvalue weighted by atomic mass is 10.2. The number of hydrogen-bond donors (Lipinski definition) is 2. The van der Waals surface area contributed by atoms with Crippen LogP contribution in [0.25, 0.3) is 0 Å². The second-order valence-electron chi connectivity index (χ2n) is 4.05. The molecule has 0 atom stereocenters. The summed E-state index contributed by atoms with van der Waals surface area (Å²) in [6.45, 7) is 2.76. The summed E-state index contributed by atoms with van der Waals surface area (Å²) in [7, 11) is 0. The Bertz CT molecular complexity index is 614. The summed E-state index contributed by atoms with van der Waals surface area (Å²) in [5.41, 5.74) is 1.05. The summed E-state index contributed by atoms with van der Waals surface area (Å²) in [5, 5.41) is 6.64. The van der Waals surface area contributed by atoms with Crippen molar-refractivity contribution in [3.8, 4) is 0 Å². The van der Waals surface area contributed by atoms with Crippen LogP contribution in [-0.4, -0.2) is 17.4 Å². The lowest BCUT2D eigenvalue weighted by Crippen LogP contribution is -2.12. The van der Waals surface area contributed by atoms with E-state index in [1.54, 1.807) is 30.3 Å². The molecule has 1 amide bonds. The minimum atomic E-state index is -0.251. The van der Waals surface area contributed by atoms with E-state index in [1.807, 2.05) is 6.92 Å². The standard InChI is InChI=1S/C14H13Cl2N3O/c1-2-17-13-6-3-9(8-18-13)14(20)19-10-4-5-11(15)12(16)7-10/h3-8H,2H2,1H3,(H,17,18)(H,19,20). The van der Waals surface area contributed by atoms with Gasteiger partial charge in [-0.05, 0) is 37.3 Å². The molecule has 0 aliphatic heterocycles. The Morgan fingerprint density at radius 2 is 2.00 bits per heavy atom. The number of aromatic nitrogens is 1. The normalized spacial score (nSPS) is 10.2. The van der Waals surface area contributed by atoms with Gasteiger partial charge in [0.05, 0.1) is 15.6 Å². The molecule has 104 valence electrons. The Morgan fingerprint density at radius 3 is 2.60 bits per heavy atom. The number of amides is 1. The Hall–Kier alpha value is -1.78. The van der Waals surface area contributed by atoms with Gasteiger partial charge in [-0.2, -0.15) is 0 Å². The monoisotopic (exact) mass is 309 g/mol. The fraction of sp³-hybridized carbons (Fsp3) is 0.143. The van der Waals surface area contributed by atoms with Gasteiger partial charge < -0.3 is 10.6 Å². The molecular formula is C14H13Cl2N3O. The van der Waals surface area contributed by atoms with Crippen molar-refractivity contribution in [2.75, 3.05) is 17.2 Å². The first-order valence-electron chi connectivity index (χ1n) is 6.06. The van der Waals surface area contributed by atoms with Crippen molar-refractivity contribution in [3.05, 3.63) is 52.1 Å². The summed E-state index contributed by atoms with van der Waals surface area (Å²) in [6.07, 6.45) is 1.52. The zero-order chi connectivity index (χ0) is 14.5. The van der Waals surface area contributed by atoms with Gasteiger partial charge in [0.25, 0.3) is 5.91 Å². The van der Waals surface area contributed by atoms with Crippen LogP contribution in [0.3, 0.4) is 0 Å². The summed E-state index contributed by atoms with van der Waals surface area (Å²) >= 11 is 11.7. The van der Waals surface area contributed by atoms with Crippen LogP contribution >= 0.6 is 23.2 Å². The first kappa shape index (κ1) is 14.6. The van der Waals surface area contributed by atoms with E-state index in [0.717, 1.165) is 12.4 Å². The predicted octanol–water partition coefficient (Wildman–Crippen LogP) is 4.07. The van der Waals surface area contributed by atoms with E-state index < -0.39 is 0 Å². The third kappa shape index (κ3) is 3.62. The molecule has 2 aromatic rings. The summed E-state index contributed by atoms with van der Waals surface area (Å²) in [6, 6.07) is 8.38. The molecule has 0 saturated heterocycles. The lowest BCUT2D eigenvalue weighted by Gasteiger charge is -2.07. The number of carbonyl (C=O) groups is 1. The minimum Gasteiger partial charge on any atom is -0.370 e. The highest BCUT2D eigenvalue weighted by Crippen LogP contribution is 2.25. The smallest absolute Gasteiger partial charge is 0.257 e. The Kier molecular flexibility index (Phi) is 4.82. The van der Waals surface area contributed by atoms with Crippen LogP contribution in [0.1, 0.15) is 17.3 Å². The number of carbonyl (C=O) groups excluding carboxylic acids is 1. The van der Waals surface area contributed by atoms with Crippen molar-refractivity contribution in [1.29, 1.82) is 0 Å². The van der Waals surface area contributed by atoms with Crippen molar-refractivity contribution in [2.45, 2.75) is 6.92 Å². The first-order chi connectivity index (χ1) is 9.60. The van der Waals surface area contributed by atoms with Crippen LogP contribution in [0.2, 0.25) is 10.0 Å². The summed E-state index contributed by atoms with van der Waals surface area (Å²) < 4.78 is 0. The van der Waals surface area contributed by atoms with Gasteiger partial charge in [0.1, 0.15) is 5.82 Å². The molecule has 0 bridgehead atoms.